The third-order valence-electron chi connectivity index (χ3n) is 8.27. The molecule has 0 radical (unpaired) electrons. The predicted octanol–water partition coefficient (Wildman–Crippen LogP) is 2.14. The van der Waals surface area contributed by atoms with Gasteiger partial charge in [-0.05, 0) is 55.7 Å². The zero-order valence-electron chi connectivity index (χ0n) is 20.4. The number of anilines is 1. The molecular formula is C25H32F2N6O3. The molecule has 4 aliphatic rings. The molecule has 11 heteroatoms. The molecular weight excluding hydrogens is 470 g/mol. The van der Waals surface area contributed by atoms with Crippen LogP contribution in [-0.2, 0) is 4.79 Å². The SMILES string of the molecule is COc1cc(C(=O)NC2CC2C2CC(CN3C(=N)/C(=C\N)N(C)C(=O)C34CC4)CC2(F)F)ccc1N. The van der Waals surface area contributed by atoms with E-state index in [1.807, 2.05) is 0 Å². The smallest absolute Gasteiger partial charge is 0.252 e. The fourth-order valence-electron chi connectivity index (χ4n) is 6.07. The van der Waals surface area contributed by atoms with E-state index in [0.717, 1.165) is 0 Å². The Morgan fingerprint density at radius 2 is 2.06 bits per heavy atom. The monoisotopic (exact) mass is 502 g/mol. The standard InChI is InChI=1S/C25H32F2N6O3/c1-32-19(11-28)21(30)33(24(5-6-24)23(32)35)12-13-7-16(25(26,27)10-13)15-9-18(15)31-22(34)14-3-4-17(29)20(8-14)36-2/h3-4,8,11,13,15-16,18,30H,5-7,9-10,12,28-29H2,1-2H3,(H,31,34)/b19-11+,30-21?. The Hall–Kier alpha value is -3.37. The number of methoxy groups -OCH3 is 1. The molecule has 3 aliphatic carbocycles. The number of nitrogens with one attached hydrogen (secondary N) is 2. The van der Waals surface area contributed by atoms with Crippen molar-refractivity contribution in [3.8, 4) is 5.75 Å². The summed E-state index contributed by atoms with van der Waals surface area (Å²) in [6.45, 7) is 0.219. The van der Waals surface area contributed by atoms with E-state index in [9.17, 15) is 9.59 Å². The summed E-state index contributed by atoms with van der Waals surface area (Å²) in [7, 11) is 3.05. The Kier molecular flexibility index (Phi) is 5.64. The Labute approximate surface area is 208 Å². The minimum atomic E-state index is -2.87. The molecule has 36 heavy (non-hydrogen) atoms. The number of carbonyl (C=O) groups excluding carboxylic acids is 2. The van der Waals surface area contributed by atoms with Gasteiger partial charge in [-0.3, -0.25) is 15.0 Å². The molecule has 1 heterocycles. The van der Waals surface area contributed by atoms with Crippen LogP contribution in [0.15, 0.2) is 30.1 Å². The van der Waals surface area contributed by atoms with Crippen molar-refractivity contribution in [1.82, 2.24) is 15.1 Å². The summed E-state index contributed by atoms with van der Waals surface area (Å²) in [4.78, 5) is 28.7. The maximum atomic E-state index is 15.1. The Morgan fingerprint density at radius 3 is 2.69 bits per heavy atom. The Balaban J connectivity index is 1.24. The Bertz CT molecular complexity index is 1150. The number of alkyl halides is 2. The number of nitrogen functional groups attached to an aromatic ring is 1. The minimum Gasteiger partial charge on any atom is -0.495 e. The number of hydrogen-bond donors (Lipinski definition) is 4. The van der Waals surface area contributed by atoms with Crippen molar-refractivity contribution < 1.29 is 23.1 Å². The number of nitrogens with zero attached hydrogens (tertiary/aromatic N) is 2. The third kappa shape index (κ3) is 3.84. The zero-order valence-corrected chi connectivity index (χ0v) is 20.4. The highest BCUT2D eigenvalue weighted by atomic mass is 19.3. The van der Waals surface area contributed by atoms with Crippen molar-refractivity contribution in [2.75, 3.05) is 26.4 Å². The predicted molar refractivity (Wildman–Crippen MR) is 129 cm³/mol. The molecule has 1 spiro atoms. The quantitative estimate of drug-likeness (QED) is 0.440. The normalized spacial score (nSPS) is 31.2. The zero-order chi connectivity index (χ0) is 26.0. The van der Waals surface area contributed by atoms with Crippen LogP contribution in [0.25, 0.3) is 0 Å². The van der Waals surface area contributed by atoms with Crippen molar-refractivity contribution in [2.24, 2.45) is 23.5 Å². The van der Waals surface area contributed by atoms with Crippen molar-refractivity contribution >= 4 is 23.3 Å². The number of rotatable bonds is 6. The van der Waals surface area contributed by atoms with E-state index in [1.165, 1.54) is 24.3 Å². The lowest BCUT2D eigenvalue weighted by Gasteiger charge is -2.43. The summed E-state index contributed by atoms with van der Waals surface area (Å²) < 4.78 is 35.4. The molecule has 1 aromatic rings. The number of benzene rings is 1. The number of nitrogens with two attached hydrogens (primary N) is 2. The van der Waals surface area contributed by atoms with Gasteiger partial charge < -0.3 is 31.3 Å². The second-order valence-corrected chi connectivity index (χ2v) is 10.5. The summed E-state index contributed by atoms with van der Waals surface area (Å²) in [5.41, 5.74) is 11.7. The first-order chi connectivity index (χ1) is 17.0. The van der Waals surface area contributed by atoms with Gasteiger partial charge in [-0.25, -0.2) is 8.78 Å². The molecule has 6 N–H and O–H groups in total. The molecule has 194 valence electrons. The molecule has 4 unspecified atom stereocenters. The van der Waals surface area contributed by atoms with Crippen LogP contribution in [0.4, 0.5) is 14.5 Å². The highest BCUT2D eigenvalue weighted by Crippen LogP contribution is 2.56. The van der Waals surface area contributed by atoms with E-state index in [0.29, 0.717) is 42.0 Å². The topological polar surface area (TPSA) is 138 Å². The lowest BCUT2D eigenvalue weighted by atomic mass is 9.96. The third-order valence-corrected chi connectivity index (χ3v) is 8.27. The van der Waals surface area contributed by atoms with Crippen molar-refractivity contribution in [2.45, 2.75) is 49.6 Å². The van der Waals surface area contributed by atoms with Gasteiger partial charge in [0.1, 0.15) is 22.8 Å². The molecule has 2 amide bonds. The van der Waals surface area contributed by atoms with Gasteiger partial charge in [-0.15, -0.1) is 0 Å². The van der Waals surface area contributed by atoms with E-state index in [-0.39, 0.29) is 54.9 Å². The van der Waals surface area contributed by atoms with E-state index in [1.54, 1.807) is 24.1 Å². The second-order valence-electron chi connectivity index (χ2n) is 10.5. The fraction of sp³-hybridized carbons (Fsp3) is 0.560. The van der Waals surface area contributed by atoms with Crippen LogP contribution in [-0.4, -0.2) is 65.7 Å². The van der Waals surface area contributed by atoms with Crippen LogP contribution < -0.4 is 21.5 Å². The fourth-order valence-corrected chi connectivity index (χ4v) is 6.07. The molecule has 3 saturated carbocycles. The second kappa shape index (κ2) is 8.35. The van der Waals surface area contributed by atoms with Crippen LogP contribution in [0.2, 0.25) is 0 Å². The molecule has 1 aliphatic heterocycles. The average Bonchev–Trinajstić information content (AvgIpc) is 3.75. The van der Waals surface area contributed by atoms with Crippen molar-refractivity contribution in [1.29, 1.82) is 5.41 Å². The maximum absolute atomic E-state index is 15.1. The highest BCUT2D eigenvalue weighted by molar-refractivity contribution is 6.09. The summed E-state index contributed by atoms with van der Waals surface area (Å²) in [5.74, 6) is -4.40. The molecule has 4 atom stereocenters. The van der Waals surface area contributed by atoms with Crippen molar-refractivity contribution in [3.05, 3.63) is 35.7 Å². The summed E-state index contributed by atoms with van der Waals surface area (Å²) >= 11 is 0. The van der Waals surface area contributed by atoms with Gasteiger partial charge >= 0.3 is 0 Å². The van der Waals surface area contributed by atoms with Gasteiger partial charge in [-0.2, -0.15) is 0 Å². The lowest BCUT2D eigenvalue weighted by Crippen LogP contribution is -2.60. The van der Waals surface area contributed by atoms with Crippen LogP contribution >= 0.6 is 0 Å². The van der Waals surface area contributed by atoms with Gasteiger partial charge in [0, 0.05) is 43.7 Å². The summed E-state index contributed by atoms with van der Waals surface area (Å²) in [6.07, 6.45) is 2.92. The first-order valence-electron chi connectivity index (χ1n) is 12.2. The number of carbonyl (C=O) groups is 2. The maximum Gasteiger partial charge on any atom is 0.252 e. The van der Waals surface area contributed by atoms with E-state index >= 15 is 8.78 Å². The number of hydrogen-bond acceptors (Lipinski definition) is 6. The molecule has 0 aromatic heterocycles. The number of likely N-dealkylation sites (N-methyl/N-ethyl adjacent to an activating group) is 1. The molecule has 1 saturated heterocycles. The van der Waals surface area contributed by atoms with E-state index in [4.69, 9.17) is 21.6 Å². The van der Waals surface area contributed by atoms with Gasteiger partial charge in [0.15, 0.2) is 0 Å². The highest BCUT2D eigenvalue weighted by Gasteiger charge is 2.63. The number of piperazine rings is 1. The van der Waals surface area contributed by atoms with Crippen LogP contribution in [0.3, 0.4) is 0 Å². The largest absolute Gasteiger partial charge is 0.495 e. The van der Waals surface area contributed by atoms with E-state index in [2.05, 4.69) is 5.32 Å². The van der Waals surface area contributed by atoms with Crippen LogP contribution in [0.1, 0.15) is 42.5 Å². The molecule has 9 nitrogen and oxygen atoms in total. The Morgan fingerprint density at radius 1 is 1.33 bits per heavy atom. The van der Waals surface area contributed by atoms with Crippen LogP contribution in [0, 0.1) is 23.2 Å². The first kappa shape index (κ1) is 24.3. The molecule has 0 bridgehead atoms. The van der Waals surface area contributed by atoms with Gasteiger partial charge in [0.2, 0.25) is 0 Å². The summed E-state index contributed by atoms with van der Waals surface area (Å²) in [6, 6.07) is 4.37. The molecule has 4 fully saturated rings. The number of amidine groups is 1. The number of ether oxygens (including phenoxy) is 1. The minimum absolute atomic E-state index is 0.111. The van der Waals surface area contributed by atoms with Crippen LogP contribution in [0.5, 0.6) is 5.75 Å². The first-order valence-corrected chi connectivity index (χ1v) is 12.2. The van der Waals surface area contributed by atoms with Gasteiger partial charge in [0.25, 0.3) is 17.7 Å². The molecule has 5 rings (SSSR count). The number of amides is 2. The van der Waals surface area contributed by atoms with Gasteiger partial charge in [0.05, 0.1) is 12.8 Å². The van der Waals surface area contributed by atoms with Gasteiger partial charge in [-0.1, -0.05) is 0 Å². The average molecular weight is 503 g/mol. The van der Waals surface area contributed by atoms with Crippen molar-refractivity contribution in [3.63, 3.8) is 0 Å². The lowest BCUT2D eigenvalue weighted by molar-refractivity contribution is -0.135. The summed E-state index contributed by atoms with van der Waals surface area (Å²) in [5, 5.41) is 11.5. The number of halogens is 2. The van der Waals surface area contributed by atoms with E-state index < -0.39 is 17.4 Å². The molecule has 1 aromatic carbocycles.